The molecule has 0 aliphatic heterocycles. The third-order valence-corrected chi connectivity index (χ3v) is 7.28. The SMILES string of the molecule is CNC1Cc2cc(F)c(OCCC3(NS(=O)[O-])CCC3)cc2C1Cc1cccc(F)c1. The molecule has 8 heteroatoms. The summed E-state index contributed by atoms with van der Waals surface area (Å²) in [4.78, 5) is 0. The molecule has 1 saturated carbocycles. The summed E-state index contributed by atoms with van der Waals surface area (Å²) in [6, 6.07) is 9.99. The maximum Gasteiger partial charge on any atom is 0.165 e. The van der Waals surface area contributed by atoms with Crippen molar-refractivity contribution in [1.29, 1.82) is 0 Å². The van der Waals surface area contributed by atoms with Crippen molar-refractivity contribution in [2.24, 2.45) is 0 Å². The molecule has 3 unspecified atom stereocenters. The fraction of sp³-hybridized carbons (Fsp3) is 0.478. The van der Waals surface area contributed by atoms with Gasteiger partial charge in [-0.05, 0) is 80.1 Å². The normalized spacial score (nSPS) is 22.6. The Balaban J connectivity index is 1.49. The number of nitrogens with one attached hydrogen (secondary N) is 2. The average molecular weight is 450 g/mol. The summed E-state index contributed by atoms with van der Waals surface area (Å²) in [6.07, 6.45) is 4.32. The van der Waals surface area contributed by atoms with Crippen LogP contribution in [0.4, 0.5) is 8.78 Å². The minimum atomic E-state index is -2.33. The number of rotatable bonds is 9. The van der Waals surface area contributed by atoms with Crippen molar-refractivity contribution >= 4 is 11.3 Å². The van der Waals surface area contributed by atoms with E-state index in [9.17, 15) is 17.5 Å². The smallest absolute Gasteiger partial charge is 0.165 e. The molecule has 1 fully saturated rings. The Hall–Kier alpha value is -1.87. The first kappa shape index (κ1) is 22.3. The zero-order valence-electron chi connectivity index (χ0n) is 17.5. The van der Waals surface area contributed by atoms with Gasteiger partial charge in [-0.2, -0.15) is 0 Å². The fourth-order valence-corrected chi connectivity index (χ4v) is 5.51. The van der Waals surface area contributed by atoms with Gasteiger partial charge in [0.25, 0.3) is 0 Å². The van der Waals surface area contributed by atoms with Crippen LogP contribution in [0.1, 0.15) is 48.3 Å². The maximum atomic E-state index is 14.7. The molecule has 0 spiro atoms. The highest BCUT2D eigenvalue weighted by Gasteiger charge is 2.37. The van der Waals surface area contributed by atoms with Crippen LogP contribution in [0.5, 0.6) is 5.75 Å². The van der Waals surface area contributed by atoms with E-state index in [0.717, 1.165) is 36.0 Å². The zero-order chi connectivity index (χ0) is 22.0. The van der Waals surface area contributed by atoms with Crippen LogP contribution in [0.2, 0.25) is 0 Å². The maximum absolute atomic E-state index is 14.7. The van der Waals surface area contributed by atoms with E-state index in [4.69, 9.17) is 4.74 Å². The van der Waals surface area contributed by atoms with Crippen LogP contribution < -0.4 is 14.8 Å². The molecule has 2 aromatic rings. The third kappa shape index (κ3) is 4.98. The van der Waals surface area contributed by atoms with Crippen LogP contribution >= 0.6 is 0 Å². The van der Waals surface area contributed by atoms with Crippen molar-refractivity contribution in [3.05, 3.63) is 64.7 Å². The van der Waals surface area contributed by atoms with Gasteiger partial charge in [0.1, 0.15) is 5.82 Å². The molecular weight excluding hydrogens is 422 g/mol. The third-order valence-electron chi connectivity index (χ3n) is 6.68. The zero-order valence-corrected chi connectivity index (χ0v) is 18.3. The summed E-state index contributed by atoms with van der Waals surface area (Å²) in [7, 11) is 1.88. The monoisotopic (exact) mass is 449 g/mol. The molecule has 3 atom stereocenters. The van der Waals surface area contributed by atoms with Crippen molar-refractivity contribution in [2.75, 3.05) is 13.7 Å². The largest absolute Gasteiger partial charge is 0.760 e. The Morgan fingerprint density at radius 3 is 2.71 bits per heavy atom. The van der Waals surface area contributed by atoms with Gasteiger partial charge >= 0.3 is 0 Å². The summed E-state index contributed by atoms with van der Waals surface area (Å²) in [5.41, 5.74) is 2.37. The van der Waals surface area contributed by atoms with Gasteiger partial charge in [0.15, 0.2) is 11.6 Å². The predicted molar refractivity (Wildman–Crippen MR) is 115 cm³/mol. The lowest BCUT2D eigenvalue weighted by Gasteiger charge is -2.43. The van der Waals surface area contributed by atoms with Crippen LogP contribution in [-0.2, 0) is 24.1 Å². The highest BCUT2D eigenvalue weighted by Crippen LogP contribution is 2.40. The molecule has 0 amide bonds. The topological polar surface area (TPSA) is 73.4 Å². The second kappa shape index (κ2) is 9.32. The molecule has 2 aliphatic rings. The van der Waals surface area contributed by atoms with Crippen molar-refractivity contribution in [2.45, 2.75) is 56.0 Å². The van der Waals surface area contributed by atoms with E-state index >= 15 is 0 Å². The predicted octanol–water partition coefficient (Wildman–Crippen LogP) is 3.51. The molecule has 168 valence electrons. The van der Waals surface area contributed by atoms with E-state index in [1.807, 2.05) is 13.1 Å². The molecule has 5 nitrogen and oxygen atoms in total. The standard InChI is InChI=1S/C23H28F2N2O3S/c1-26-21-13-16-12-20(25)22(30-9-8-23(6-3-7-23)27-31(28)29)14-18(16)19(21)11-15-4-2-5-17(24)10-15/h2,4-5,10,12,14,19,21,26-27H,3,6-9,11,13H2,1H3,(H,28,29)/p-1. The van der Waals surface area contributed by atoms with E-state index < -0.39 is 22.6 Å². The van der Waals surface area contributed by atoms with Crippen molar-refractivity contribution < 1.29 is 22.3 Å². The van der Waals surface area contributed by atoms with E-state index in [1.165, 1.54) is 18.2 Å². The Bertz CT molecular complexity index is 968. The Morgan fingerprint density at radius 2 is 2.06 bits per heavy atom. The molecule has 4 rings (SSSR count). The van der Waals surface area contributed by atoms with Gasteiger partial charge in [0.05, 0.1) is 6.61 Å². The van der Waals surface area contributed by atoms with Crippen LogP contribution in [-0.4, -0.2) is 34.0 Å². The number of likely N-dealkylation sites (N-methyl/N-ethyl adjacent to an activating group) is 1. The average Bonchev–Trinajstić information content (AvgIpc) is 3.02. The summed E-state index contributed by atoms with van der Waals surface area (Å²) < 4.78 is 58.8. The summed E-state index contributed by atoms with van der Waals surface area (Å²) in [5.74, 6) is -0.426. The number of fused-ring (bicyclic) bond motifs is 1. The van der Waals surface area contributed by atoms with Crippen LogP contribution in [0, 0.1) is 11.6 Å². The molecule has 2 aliphatic carbocycles. The summed E-state index contributed by atoms with van der Waals surface area (Å²) in [5, 5.41) is 3.31. The van der Waals surface area contributed by atoms with E-state index in [2.05, 4.69) is 10.0 Å². The van der Waals surface area contributed by atoms with Gasteiger partial charge in [-0.1, -0.05) is 12.1 Å². The first-order valence-corrected chi connectivity index (χ1v) is 11.7. The number of hydrogen-bond acceptors (Lipinski definition) is 4. The highest BCUT2D eigenvalue weighted by molar-refractivity contribution is 7.77. The highest BCUT2D eigenvalue weighted by atomic mass is 32.2. The van der Waals surface area contributed by atoms with Crippen molar-refractivity contribution in [1.82, 2.24) is 10.0 Å². The minimum Gasteiger partial charge on any atom is -0.760 e. The number of benzene rings is 2. The summed E-state index contributed by atoms with van der Waals surface area (Å²) in [6.45, 7) is 0.226. The number of halogens is 2. The van der Waals surface area contributed by atoms with E-state index in [-0.39, 0.29) is 30.1 Å². The first-order valence-electron chi connectivity index (χ1n) is 10.6. The Kier molecular flexibility index (Phi) is 6.71. The molecule has 0 saturated heterocycles. The molecule has 31 heavy (non-hydrogen) atoms. The molecule has 2 aromatic carbocycles. The van der Waals surface area contributed by atoms with Crippen molar-refractivity contribution in [3.63, 3.8) is 0 Å². The summed E-state index contributed by atoms with van der Waals surface area (Å²) >= 11 is -2.33. The van der Waals surface area contributed by atoms with Gasteiger partial charge in [0.2, 0.25) is 0 Å². The number of hydrogen-bond donors (Lipinski definition) is 2. The Morgan fingerprint density at radius 1 is 1.26 bits per heavy atom. The van der Waals surface area contributed by atoms with E-state index in [1.54, 1.807) is 12.1 Å². The van der Waals surface area contributed by atoms with Crippen LogP contribution in [0.3, 0.4) is 0 Å². The molecule has 0 radical (unpaired) electrons. The van der Waals surface area contributed by atoms with Crippen LogP contribution in [0.15, 0.2) is 36.4 Å². The molecule has 0 bridgehead atoms. The lowest BCUT2D eigenvalue weighted by Crippen LogP contribution is -2.52. The van der Waals surface area contributed by atoms with Gasteiger partial charge in [0, 0.05) is 35.2 Å². The quantitative estimate of drug-likeness (QED) is 0.575. The van der Waals surface area contributed by atoms with Gasteiger partial charge in [-0.25, -0.2) is 13.5 Å². The van der Waals surface area contributed by atoms with Gasteiger partial charge in [-0.15, -0.1) is 0 Å². The van der Waals surface area contributed by atoms with E-state index in [0.29, 0.717) is 19.3 Å². The lowest BCUT2D eigenvalue weighted by atomic mass is 9.75. The molecule has 0 heterocycles. The Labute approximate surface area is 184 Å². The van der Waals surface area contributed by atoms with Crippen LogP contribution in [0.25, 0.3) is 0 Å². The lowest BCUT2D eigenvalue weighted by molar-refractivity contribution is 0.161. The second-order valence-electron chi connectivity index (χ2n) is 8.59. The second-order valence-corrected chi connectivity index (χ2v) is 9.26. The number of ether oxygens (including phenoxy) is 1. The van der Waals surface area contributed by atoms with Gasteiger partial charge in [-0.3, -0.25) is 4.21 Å². The fourth-order valence-electron chi connectivity index (χ4n) is 4.85. The van der Waals surface area contributed by atoms with Gasteiger partial charge < -0.3 is 14.6 Å². The molecule has 2 N–H and O–H groups in total. The molecular formula is C23H27F2N2O3S-. The minimum absolute atomic E-state index is 0.0762. The first-order chi connectivity index (χ1) is 14.9. The van der Waals surface area contributed by atoms with Crippen molar-refractivity contribution in [3.8, 4) is 5.75 Å². The molecule has 0 aromatic heterocycles.